The Morgan fingerprint density at radius 3 is 2.68 bits per heavy atom. The molecule has 1 N–H and O–H groups in total. The number of methoxy groups -OCH3 is 1. The summed E-state index contributed by atoms with van der Waals surface area (Å²) in [6, 6.07) is 21.2. The molecular formula is C25H21NO4S. The summed E-state index contributed by atoms with van der Waals surface area (Å²) in [5.74, 6) is -0.0261. The van der Waals surface area contributed by atoms with Crippen LogP contribution in [0.25, 0.3) is 16.8 Å². The van der Waals surface area contributed by atoms with E-state index in [0.717, 1.165) is 22.0 Å². The number of esters is 1. The Hall–Kier alpha value is -3.51. The monoisotopic (exact) mass is 431 g/mol. The molecule has 1 heterocycles. The predicted molar refractivity (Wildman–Crippen MR) is 126 cm³/mol. The van der Waals surface area contributed by atoms with Gasteiger partial charge in [-0.15, -0.1) is 0 Å². The van der Waals surface area contributed by atoms with E-state index in [1.807, 2.05) is 66.7 Å². The lowest BCUT2D eigenvalue weighted by Gasteiger charge is -2.05. The molecule has 4 rings (SSSR count). The van der Waals surface area contributed by atoms with Crippen LogP contribution in [0.3, 0.4) is 0 Å². The van der Waals surface area contributed by atoms with Crippen LogP contribution in [0.2, 0.25) is 0 Å². The van der Waals surface area contributed by atoms with Crippen LogP contribution in [-0.2, 0) is 9.53 Å². The smallest absolute Gasteiger partial charge is 0.344 e. The number of carbonyl (C=O) groups excluding carboxylic acids is 1. The number of rotatable bonds is 5. The molecule has 0 saturated carbocycles. The number of aliphatic imine (C=N–C) groups is 1. The quantitative estimate of drug-likeness (QED) is 0.499. The fraction of sp³-hybridized carbons (Fsp3) is 0.120. The van der Waals surface area contributed by atoms with Gasteiger partial charge in [0.15, 0.2) is 0 Å². The maximum atomic E-state index is 12.6. The second kappa shape index (κ2) is 9.10. The van der Waals surface area contributed by atoms with Gasteiger partial charge in [-0.05, 0) is 42.1 Å². The minimum atomic E-state index is -0.597. The third-order valence-electron chi connectivity index (χ3n) is 4.75. The minimum absolute atomic E-state index is 0.0777. The Morgan fingerprint density at radius 2 is 1.87 bits per heavy atom. The fourth-order valence-electron chi connectivity index (χ4n) is 3.29. The molecule has 0 saturated heterocycles. The number of ether oxygens (including phenoxy) is 2. The maximum Gasteiger partial charge on any atom is 0.344 e. The average molecular weight is 432 g/mol. The molecule has 6 heteroatoms. The molecule has 0 aliphatic carbocycles. The van der Waals surface area contributed by atoms with E-state index in [-0.39, 0.29) is 17.9 Å². The first-order valence-electron chi connectivity index (χ1n) is 9.82. The third kappa shape index (κ3) is 4.34. The van der Waals surface area contributed by atoms with Gasteiger partial charge in [-0.1, -0.05) is 60.3 Å². The molecule has 3 aromatic rings. The standard InChI is InChI=1S/C25H21NO4S/c1-3-30-25(28)22-23(27)21(15-16-8-6-11-18(14-16)29-2)31-24(22)26-20-13-7-10-17-9-4-5-12-19(17)20/h4-15,27H,3H2,1-2H3/b21-15+,26-24?. The number of hydrogen-bond donors (Lipinski definition) is 1. The Kier molecular flexibility index (Phi) is 6.09. The number of aliphatic hydroxyl groups excluding tert-OH is 1. The summed E-state index contributed by atoms with van der Waals surface area (Å²) in [5.41, 5.74) is 1.63. The average Bonchev–Trinajstić information content (AvgIpc) is 3.09. The number of hydrogen-bond acceptors (Lipinski definition) is 6. The van der Waals surface area contributed by atoms with E-state index >= 15 is 0 Å². The van der Waals surface area contributed by atoms with Crippen molar-refractivity contribution in [2.45, 2.75) is 6.92 Å². The second-order valence-electron chi connectivity index (χ2n) is 6.75. The van der Waals surface area contributed by atoms with Crippen LogP contribution in [0.4, 0.5) is 5.69 Å². The van der Waals surface area contributed by atoms with Crippen LogP contribution in [0.1, 0.15) is 12.5 Å². The van der Waals surface area contributed by atoms with Gasteiger partial charge in [0.05, 0.1) is 24.3 Å². The molecule has 0 unspecified atom stereocenters. The van der Waals surface area contributed by atoms with Gasteiger partial charge < -0.3 is 14.6 Å². The van der Waals surface area contributed by atoms with Crippen molar-refractivity contribution >= 4 is 45.3 Å². The highest BCUT2D eigenvalue weighted by molar-refractivity contribution is 8.18. The zero-order valence-electron chi connectivity index (χ0n) is 17.2. The van der Waals surface area contributed by atoms with E-state index in [1.165, 1.54) is 11.8 Å². The van der Waals surface area contributed by atoms with Crippen LogP contribution in [0.5, 0.6) is 5.75 Å². The lowest BCUT2D eigenvalue weighted by Crippen LogP contribution is -2.12. The Bertz CT molecular complexity index is 1240. The maximum absolute atomic E-state index is 12.6. The topological polar surface area (TPSA) is 68.1 Å². The highest BCUT2D eigenvalue weighted by Crippen LogP contribution is 2.41. The third-order valence-corrected chi connectivity index (χ3v) is 5.77. The van der Waals surface area contributed by atoms with Crippen molar-refractivity contribution < 1.29 is 19.4 Å². The van der Waals surface area contributed by atoms with E-state index < -0.39 is 5.97 Å². The molecule has 0 bridgehead atoms. The molecule has 0 atom stereocenters. The van der Waals surface area contributed by atoms with Crippen molar-refractivity contribution in [3.05, 3.63) is 88.5 Å². The van der Waals surface area contributed by atoms with Gasteiger partial charge in [0.25, 0.3) is 0 Å². The van der Waals surface area contributed by atoms with Gasteiger partial charge >= 0.3 is 5.97 Å². The van der Waals surface area contributed by atoms with Crippen LogP contribution in [-0.4, -0.2) is 29.8 Å². The van der Waals surface area contributed by atoms with Gasteiger partial charge in [-0.3, -0.25) is 0 Å². The SMILES string of the molecule is CCOC(=O)C1=C(O)/C(=C\c2cccc(OC)c2)SC1=Nc1cccc2ccccc12. The minimum Gasteiger partial charge on any atom is -0.506 e. The summed E-state index contributed by atoms with van der Waals surface area (Å²) in [6.07, 6.45) is 1.80. The molecule has 1 aliphatic rings. The van der Waals surface area contributed by atoms with Crippen molar-refractivity contribution in [3.8, 4) is 5.75 Å². The summed E-state index contributed by atoms with van der Waals surface area (Å²) in [7, 11) is 1.60. The zero-order valence-corrected chi connectivity index (χ0v) is 18.0. The van der Waals surface area contributed by atoms with Gasteiger partial charge in [-0.2, -0.15) is 0 Å². The first-order valence-corrected chi connectivity index (χ1v) is 10.6. The highest BCUT2D eigenvalue weighted by atomic mass is 32.2. The van der Waals surface area contributed by atoms with Crippen molar-refractivity contribution in [2.24, 2.45) is 4.99 Å². The van der Waals surface area contributed by atoms with Crippen molar-refractivity contribution in [1.82, 2.24) is 0 Å². The van der Waals surface area contributed by atoms with Crippen LogP contribution >= 0.6 is 11.8 Å². The Morgan fingerprint density at radius 1 is 1.10 bits per heavy atom. The lowest BCUT2D eigenvalue weighted by molar-refractivity contribution is -0.138. The number of nitrogens with zero attached hydrogens (tertiary/aromatic N) is 1. The van der Waals surface area contributed by atoms with Gasteiger partial charge in [0, 0.05) is 5.39 Å². The van der Waals surface area contributed by atoms with Crippen molar-refractivity contribution in [3.63, 3.8) is 0 Å². The molecule has 31 heavy (non-hydrogen) atoms. The van der Waals surface area contributed by atoms with Crippen LogP contribution in [0.15, 0.2) is 88.0 Å². The first-order chi connectivity index (χ1) is 15.1. The Labute approximate surface area is 184 Å². The van der Waals surface area contributed by atoms with Gasteiger partial charge in [0.2, 0.25) is 0 Å². The summed E-state index contributed by atoms with van der Waals surface area (Å²) in [6.45, 7) is 1.93. The molecule has 156 valence electrons. The summed E-state index contributed by atoms with van der Waals surface area (Å²) in [5, 5.41) is 13.3. The van der Waals surface area contributed by atoms with E-state index in [2.05, 4.69) is 0 Å². The van der Waals surface area contributed by atoms with Crippen molar-refractivity contribution in [2.75, 3.05) is 13.7 Å². The Balaban J connectivity index is 1.81. The second-order valence-corrected chi connectivity index (χ2v) is 7.78. The van der Waals surface area contributed by atoms with E-state index in [1.54, 1.807) is 20.1 Å². The fourth-order valence-corrected chi connectivity index (χ4v) is 4.32. The molecule has 5 nitrogen and oxygen atoms in total. The predicted octanol–water partition coefficient (Wildman–Crippen LogP) is 6.04. The number of aliphatic hydroxyl groups is 1. The van der Waals surface area contributed by atoms with E-state index in [0.29, 0.717) is 15.7 Å². The molecule has 0 fully saturated rings. The molecule has 0 amide bonds. The molecule has 1 aliphatic heterocycles. The number of thioether (sulfide) groups is 1. The van der Waals surface area contributed by atoms with Gasteiger partial charge in [-0.25, -0.2) is 9.79 Å². The molecule has 3 aromatic carbocycles. The van der Waals surface area contributed by atoms with E-state index in [4.69, 9.17) is 14.5 Å². The van der Waals surface area contributed by atoms with E-state index in [9.17, 15) is 9.90 Å². The normalized spacial score (nSPS) is 16.3. The highest BCUT2D eigenvalue weighted by Gasteiger charge is 2.33. The molecular weight excluding hydrogens is 410 g/mol. The molecule has 0 radical (unpaired) electrons. The first kappa shape index (κ1) is 20.8. The zero-order chi connectivity index (χ0) is 21.8. The molecule has 0 aromatic heterocycles. The van der Waals surface area contributed by atoms with Crippen LogP contribution < -0.4 is 4.74 Å². The number of carbonyl (C=O) groups is 1. The van der Waals surface area contributed by atoms with Gasteiger partial charge in [0.1, 0.15) is 22.1 Å². The van der Waals surface area contributed by atoms with Crippen molar-refractivity contribution in [1.29, 1.82) is 0 Å². The van der Waals surface area contributed by atoms with Crippen LogP contribution in [0, 0.1) is 0 Å². The molecule has 0 spiro atoms. The largest absolute Gasteiger partial charge is 0.506 e. The lowest BCUT2D eigenvalue weighted by atomic mass is 10.1. The summed E-state index contributed by atoms with van der Waals surface area (Å²) < 4.78 is 10.5. The summed E-state index contributed by atoms with van der Waals surface area (Å²) >= 11 is 1.24. The summed E-state index contributed by atoms with van der Waals surface area (Å²) in [4.78, 5) is 17.9. The number of fused-ring (bicyclic) bond motifs is 1. The number of benzene rings is 3.